The Hall–Kier alpha value is -3.74. The van der Waals surface area contributed by atoms with Crippen molar-refractivity contribution in [2.45, 2.75) is 20.0 Å². The van der Waals surface area contributed by atoms with Crippen LogP contribution in [-0.2, 0) is 13.1 Å². The van der Waals surface area contributed by atoms with E-state index in [2.05, 4.69) is 10.3 Å². The lowest BCUT2D eigenvalue weighted by atomic mass is 10.1. The van der Waals surface area contributed by atoms with Gasteiger partial charge in [-0.2, -0.15) is 0 Å². The van der Waals surface area contributed by atoms with Gasteiger partial charge in [-0.05, 0) is 36.2 Å². The average Bonchev–Trinajstić information content (AvgIpc) is 3.13. The molecule has 2 aromatic heterocycles. The van der Waals surface area contributed by atoms with Crippen LogP contribution in [0.25, 0.3) is 10.9 Å². The number of nitrogens with zero attached hydrogens (tertiary/aromatic N) is 4. The van der Waals surface area contributed by atoms with Gasteiger partial charge in [-0.3, -0.25) is 9.59 Å². The van der Waals surface area contributed by atoms with Crippen LogP contribution in [0, 0.1) is 6.92 Å². The summed E-state index contributed by atoms with van der Waals surface area (Å²) in [6.07, 6.45) is 2.38. The number of pyridine rings is 1. The molecule has 140 valence electrons. The third-order valence-corrected chi connectivity index (χ3v) is 4.70. The molecule has 2 aromatic carbocycles. The number of hydrogen-bond acceptors (Lipinski definition) is 5. The smallest absolute Gasteiger partial charge is 0.251 e. The molecule has 0 radical (unpaired) electrons. The van der Waals surface area contributed by atoms with Crippen molar-refractivity contribution in [2.24, 2.45) is 0 Å². The summed E-state index contributed by atoms with van der Waals surface area (Å²) in [5.74, 6) is -0.0522. The number of fused-ring (bicyclic) bond motifs is 1. The van der Waals surface area contributed by atoms with Crippen molar-refractivity contribution in [1.29, 1.82) is 0 Å². The van der Waals surface area contributed by atoms with Crippen molar-refractivity contribution in [3.8, 4) is 5.75 Å². The molecule has 0 saturated carbocycles. The largest absolute Gasteiger partial charge is 0.507 e. The Morgan fingerprint density at radius 3 is 2.75 bits per heavy atom. The van der Waals surface area contributed by atoms with Crippen LogP contribution in [-0.4, -0.2) is 31.0 Å². The van der Waals surface area contributed by atoms with Crippen molar-refractivity contribution >= 4 is 17.2 Å². The molecule has 0 amide bonds. The number of carbonyl (C=O) groups excluding carboxylic acids is 1. The SMILES string of the molecule is Cc1cc(=O)n(Cc2cn(Cc3ccc(O)c(C=O)c3)nn2)c2ccccc12. The van der Waals surface area contributed by atoms with Gasteiger partial charge in [0.25, 0.3) is 5.56 Å². The number of rotatable bonds is 5. The van der Waals surface area contributed by atoms with Crippen molar-refractivity contribution in [1.82, 2.24) is 19.6 Å². The second-order valence-electron chi connectivity index (χ2n) is 6.69. The maximum Gasteiger partial charge on any atom is 0.251 e. The van der Waals surface area contributed by atoms with Crippen molar-refractivity contribution in [2.75, 3.05) is 0 Å². The zero-order valence-corrected chi connectivity index (χ0v) is 15.2. The molecule has 4 rings (SSSR count). The van der Waals surface area contributed by atoms with Crippen molar-refractivity contribution in [3.05, 3.63) is 87.5 Å². The number of phenols is 1. The molecule has 0 spiro atoms. The molecule has 0 fully saturated rings. The van der Waals surface area contributed by atoms with Gasteiger partial charge in [-0.15, -0.1) is 5.10 Å². The number of benzene rings is 2. The minimum atomic E-state index is -0.0834. The molecule has 28 heavy (non-hydrogen) atoms. The van der Waals surface area contributed by atoms with Crippen LogP contribution in [0.3, 0.4) is 0 Å². The number of para-hydroxylation sites is 1. The lowest BCUT2D eigenvalue weighted by Gasteiger charge is -2.10. The summed E-state index contributed by atoms with van der Waals surface area (Å²) >= 11 is 0. The molecule has 0 unspecified atom stereocenters. The van der Waals surface area contributed by atoms with E-state index in [-0.39, 0.29) is 16.9 Å². The van der Waals surface area contributed by atoms with Gasteiger partial charge in [0.05, 0.1) is 30.4 Å². The van der Waals surface area contributed by atoms with Gasteiger partial charge in [0.15, 0.2) is 6.29 Å². The fourth-order valence-electron chi connectivity index (χ4n) is 3.30. The molecule has 0 aliphatic heterocycles. The number of aldehydes is 1. The molecule has 7 heteroatoms. The van der Waals surface area contributed by atoms with Crippen molar-refractivity contribution in [3.63, 3.8) is 0 Å². The summed E-state index contributed by atoms with van der Waals surface area (Å²) in [6, 6.07) is 14.2. The van der Waals surface area contributed by atoms with E-state index < -0.39 is 0 Å². The summed E-state index contributed by atoms with van der Waals surface area (Å²) in [5.41, 5.74) is 3.42. The number of hydrogen-bond donors (Lipinski definition) is 1. The zero-order chi connectivity index (χ0) is 19.7. The summed E-state index contributed by atoms with van der Waals surface area (Å²) < 4.78 is 3.32. The van der Waals surface area contributed by atoms with Gasteiger partial charge in [0.1, 0.15) is 11.4 Å². The molecular weight excluding hydrogens is 356 g/mol. The van der Waals surface area contributed by atoms with Gasteiger partial charge < -0.3 is 9.67 Å². The van der Waals surface area contributed by atoms with Gasteiger partial charge in [-0.25, -0.2) is 4.68 Å². The number of aryl methyl sites for hydroxylation is 1. The first-order chi connectivity index (χ1) is 13.5. The van der Waals surface area contributed by atoms with Crippen LogP contribution in [0.1, 0.15) is 27.2 Å². The van der Waals surface area contributed by atoms with E-state index in [0.717, 1.165) is 22.0 Å². The molecule has 2 heterocycles. The van der Waals surface area contributed by atoms with Gasteiger partial charge in [0.2, 0.25) is 0 Å². The van der Waals surface area contributed by atoms with Crippen LogP contribution < -0.4 is 5.56 Å². The summed E-state index contributed by atoms with van der Waals surface area (Å²) in [4.78, 5) is 23.5. The third kappa shape index (κ3) is 3.29. The first-order valence-electron chi connectivity index (χ1n) is 8.80. The standard InChI is InChI=1S/C21H18N4O3/c1-14-8-21(28)25(19-5-3-2-4-18(14)19)12-17-11-24(23-22-17)10-15-6-7-20(27)16(9-15)13-26/h2-9,11,13,27H,10,12H2,1H3. The van der Waals surface area contributed by atoms with Crippen LogP contribution in [0.4, 0.5) is 0 Å². The van der Waals surface area contributed by atoms with E-state index in [1.165, 1.54) is 6.07 Å². The van der Waals surface area contributed by atoms with E-state index in [1.54, 1.807) is 33.6 Å². The van der Waals surface area contributed by atoms with Gasteiger partial charge >= 0.3 is 0 Å². The number of phenolic OH excluding ortho intramolecular Hbond substituents is 1. The molecule has 0 bridgehead atoms. The predicted molar refractivity (Wildman–Crippen MR) is 105 cm³/mol. The highest BCUT2D eigenvalue weighted by molar-refractivity contribution is 5.82. The highest BCUT2D eigenvalue weighted by atomic mass is 16.3. The van der Waals surface area contributed by atoms with Crippen LogP contribution in [0.2, 0.25) is 0 Å². The van der Waals surface area contributed by atoms with Gasteiger partial charge in [-0.1, -0.05) is 29.5 Å². The maximum absolute atomic E-state index is 12.5. The fraction of sp³-hybridized carbons (Fsp3) is 0.143. The lowest BCUT2D eigenvalue weighted by Crippen LogP contribution is -2.21. The molecule has 0 aliphatic carbocycles. The Morgan fingerprint density at radius 2 is 1.93 bits per heavy atom. The van der Waals surface area contributed by atoms with Crippen molar-refractivity contribution < 1.29 is 9.90 Å². The van der Waals surface area contributed by atoms with E-state index in [4.69, 9.17) is 0 Å². The normalized spacial score (nSPS) is 11.0. The molecule has 0 aliphatic rings. The quantitative estimate of drug-likeness (QED) is 0.542. The average molecular weight is 374 g/mol. The Balaban J connectivity index is 1.62. The topological polar surface area (TPSA) is 90.0 Å². The van der Waals surface area contributed by atoms with Crippen LogP contribution >= 0.6 is 0 Å². The maximum atomic E-state index is 12.5. The zero-order valence-electron chi connectivity index (χ0n) is 15.2. The Morgan fingerprint density at radius 1 is 1.11 bits per heavy atom. The monoisotopic (exact) mass is 374 g/mol. The lowest BCUT2D eigenvalue weighted by molar-refractivity contribution is 0.112. The molecule has 7 nitrogen and oxygen atoms in total. The number of aromatic hydroxyl groups is 1. The first-order valence-corrected chi connectivity index (χ1v) is 8.80. The minimum absolute atomic E-state index is 0.0522. The van der Waals surface area contributed by atoms with Crippen LogP contribution in [0.5, 0.6) is 5.75 Å². The molecular formula is C21H18N4O3. The molecule has 1 N–H and O–H groups in total. The van der Waals surface area contributed by atoms with Gasteiger partial charge in [0, 0.05) is 11.5 Å². The second-order valence-corrected chi connectivity index (χ2v) is 6.69. The summed E-state index contributed by atoms with van der Waals surface area (Å²) in [7, 11) is 0. The van der Waals surface area contributed by atoms with E-state index >= 15 is 0 Å². The Bertz CT molecular complexity index is 1240. The number of carbonyl (C=O) groups is 1. The second kappa shape index (κ2) is 7.11. The minimum Gasteiger partial charge on any atom is -0.507 e. The van der Waals surface area contributed by atoms with Crippen LogP contribution in [0.15, 0.2) is 59.5 Å². The fourth-order valence-corrected chi connectivity index (χ4v) is 3.30. The summed E-state index contributed by atoms with van der Waals surface area (Å²) in [5, 5.41) is 18.9. The Kier molecular flexibility index (Phi) is 4.49. The first kappa shape index (κ1) is 17.7. The number of aromatic nitrogens is 4. The molecule has 4 aromatic rings. The third-order valence-electron chi connectivity index (χ3n) is 4.70. The molecule has 0 saturated heterocycles. The highest BCUT2D eigenvalue weighted by Gasteiger charge is 2.10. The molecule has 0 atom stereocenters. The van der Waals surface area contributed by atoms with E-state index in [9.17, 15) is 14.7 Å². The van der Waals surface area contributed by atoms with E-state index in [1.807, 2.05) is 31.2 Å². The predicted octanol–water partition coefficient (Wildman–Crippen LogP) is 2.52. The summed E-state index contributed by atoms with van der Waals surface area (Å²) in [6.45, 7) is 2.64. The van der Waals surface area contributed by atoms with E-state index in [0.29, 0.717) is 25.1 Å². The Labute approximate surface area is 160 Å². The highest BCUT2D eigenvalue weighted by Crippen LogP contribution is 2.18.